The molecule has 0 unspecified atom stereocenters. The summed E-state index contributed by atoms with van der Waals surface area (Å²) in [6.07, 6.45) is 1.32. The molecule has 2 aromatic rings. The normalized spacial score (nSPS) is 14.5. The second-order valence-electron chi connectivity index (χ2n) is 4.79. The summed E-state index contributed by atoms with van der Waals surface area (Å²) < 4.78 is 32.1. The number of hydrogen-bond donors (Lipinski definition) is 3. The third kappa shape index (κ3) is 3.53. The molecule has 1 aromatic heterocycles. The van der Waals surface area contributed by atoms with E-state index in [-0.39, 0.29) is 10.7 Å². The number of carbonyl (C=O) groups is 1. The molecule has 0 aliphatic carbocycles. The van der Waals surface area contributed by atoms with Crippen LogP contribution in [0.15, 0.2) is 52.0 Å². The predicted molar refractivity (Wildman–Crippen MR) is 78.6 cm³/mol. The van der Waals surface area contributed by atoms with E-state index in [1.165, 1.54) is 30.5 Å². The van der Waals surface area contributed by atoms with Crippen LogP contribution < -0.4 is 10.5 Å². The van der Waals surface area contributed by atoms with Crippen molar-refractivity contribution in [2.45, 2.75) is 23.9 Å². The average Bonchev–Trinajstić information content (AvgIpc) is 2.98. The SMILES string of the molecule is Cc1ccc(S(=O)(=O)N[C@@H](c2ccco2)[C@@H](N)C(=O)O)cc1. The minimum Gasteiger partial charge on any atom is -0.480 e. The van der Waals surface area contributed by atoms with Gasteiger partial charge in [-0.1, -0.05) is 17.7 Å². The summed E-state index contributed by atoms with van der Waals surface area (Å²) in [5.74, 6) is -1.21. The Balaban J connectivity index is 2.34. The number of carboxylic acids is 1. The van der Waals surface area contributed by atoms with E-state index in [0.717, 1.165) is 5.56 Å². The summed E-state index contributed by atoms with van der Waals surface area (Å²) in [6, 6.07) is 6.46. The van der Waals surface area contributed by atoms with E-state index in [1.807, 2.05) is 6.92 Å². The smallest absolute Gasteiger partial charge is 0.322 e. The molecule has 7 nitrogen and oxygen atoms in total. The van der Waals surface area contributed by atoms with Gasteiger partial charge in [0.05, 0.1) is 11.2 Å². The Labute approximate surface area is 127 Å². The first-order chi connectivity index (χ1) is 10.3. The fourth-order valence-electron chi connectivity index (χ4n) is 1.87. The molecule has 0 aliphatic rings. The van der Waals surface area contributed by atoms with Crippen LogP contribution in [0.2, 0.25) is 0 Å². The van der Waals surface area contributed by atoms with E-state index in [4.69, 9.17) is 15.3 Å². The quantitative estimate of drug-likeness (QED) is 0.729. The van der Waals surface area contributed by atoms with E-state index in [0.29, 0.717) is 0 Å². The predicted octanol–water partition coefficient (Wildman–Crippen LogP) is 1.02. The number of nitrogens with one attached hydrogen (secondary N) is 1. The molecular formula is C14H16N2O5S. The zero-order valence-electron chi connectivity index (χ0n) is 11.8. The van der Waals surface area contributed by atoms with Gasteiger partial charge in [0.2, 0.25) is 10.0 Å². The molecule has 0 saturated carbocycles. The number of rotatable bonds is 6. The van der Waals surface area contributed by atoms with Crippen LogP contribution in [0.25, 0.3) is 0 Å². The maximum atomic E-state index is 12.4. The molecular weight excluding hydrogens is 308 g/mol. The summed E-state index contributed by atoms with van der Waals surface area (Å²) in [6.45, 7) is 1.83. The molecule has 118 valence electrons. The minimum absolute atomic E-state index is 0.0206. The monoisotopic (exact) mass is 324 g/mol. The molecule has 4 N–H and O–H groups in total. The topological polar surface area (TPSA) is 123 Å². The van der Waals surface area contributed by atoms with Gasteiger partial charge >= 0.3 is 5.97 Å². The van der Waals surface area contributed by atoms with Gasteiger partial charge in [-0.2, -0.15) is 4.72 Å². The second kappa shape index (κ2) is 6.30. The molecule has 0 radical (unpaired) electrons. The number of sulfonamides is 1. The van der Waals surface area contributed by atoms with Crippen molar-refractivity contribution in [3.8, 4) is 0 Å². The van der Waals surface area contributed by atoms with E-state index >= 15 is 0 Å². The van der Waals surface area contributed by atoms with Crippen molar-refractivity contribution in [2.75, 3.05) is 0 Å². The fourth-order valence-corrected chi connectivity index (χ4v) is 3.10. The Morgan fingerprint density at radius 1 is 1.27 bits per heavy atom. The molecule has 0 fully saturated rings. The lowest BCUT2D eigenvalue weighted by Crippen LogP contribution is -2.45. The Morgan fingerprint density at radius 2 is 1.91 bits per heavy atom. The Morgan fingerprint density at radius 3 is 2.41 bits per heavy atom. The zero-order valence-corrected chi connectivity index (χ0v) is 12.6. The summed E-state index contributed by atoms with van der Waals surface area (Å²) in [4.78, 5) is 11.1. The summed E-state index contributed by atoms with van der Waals surface area (Å²) in [7, 11) is -3.93. The first kappa shape index (κ1) is 16.2. The highest BCUT2D eigenvalue weighted by Crippen LogP contribution is 2.20. The molecule has 1 aromatic carbocycles. The lowest BCUT2D eigenvalue weighted by atomic mass is 10.1. The maximum absolute atomic E-state index is 12.4. The Kier molecular flexibility index (Phi) is 4.65. The van der Waals surface area contributed by atoms with Gasteiger partial charge in [0.1, 0.15) is 17.8 Å². The highest BCUT2D eigenvalue weighted by Gasteiger charge is 2.32. The van der Waals surface area contributed by atoms with Crippen LogP contribution in [0, 0.1) is 6.92 Å². The van der Waals surface area contributed by atoms with Gasteiger partial charge in [0, 0.05) is 0 Å². The molecule has 0 saturated heterocycles. The molecule has 0 aliphatic heterocycles. The van der Waals surface area contributed by atoms with E-state index in [2.05, 4.69) is 4.72 Å². The molecule has 8 heteroatoms. The number of benzene rings is 1. The van der Waals surface area contributed by atoms with Crippen molar-refractivity contribution in [1.82, 2.24) is 4.72 Å². The first-order valence-corrected chi connectivity index (χ1v) is 7.90. The minimum atomic E-state index is -3.93. The highest BCUT2D eigenvalue weighted by molar-refractivity contribution is 7.89. The van der Waals surface area contributed by atoms with Gasteiger partial charge in [-0.05, 0) is 31.2 Å². The summed E-state index contributed by atoms with van der Waals surface area (Å²) in [5.41, 5.74) is 6.48. The van der Waals surface area contributed by atoms with Gasteiger partial charge in [-0.3, -0.25) is 4.79 Å². The Hall–Kier alpha value is -2.16. The highest BCUT2D eigenvalue weighted by atomic mass is 32.2. The summed E-state index contributed by atoms with van der Waals surface area (Å²) >= 11 is 0. The van der Waals surface area contributed by atoms with Crippen LogP contribution in [0.3, 0.4) is 0 Å². The van der Waals surface area contributed by atoms with Gasteiger partial charge < -0.3 is 15.3 Å². The zero-order chi connectivity index (χ0) is 16.3. The largest absolute Gasteiger partial charge is 0.480 e. The lowest BCUT2D eigenvalue weighted by molar-refractivity contribution is -0.139. The van der Waals surface area contributed by atoms with Crippen molar-refractivity contribution < 1.29 is 22.7 Å². The molecule has 2 rings (SSSR count). The number of aliphatic carboxylic acids is 1. The van der Waals surface area contributed by atoms with Crippen molar-refractivity contribution in [2.24, 2.45) is 5.73 Å². The standard InChI is InChI=1S/C14H16N2O5S/c1-9-4-6-10(7-5-9)22(19,20)16-13(12(15)14(17)18)11-3-2-8-21-11/h2-8,12-13,16H,15H2,1H3,(H,17,18)/t12-,13+/m1/s1. The van der Waals surface area contributed by atoms with Crippen LogP contribution in [0.1, 0.15) is 17.4 Å². The number of furan rings is 1. The number of nitrogens with two attached hydrogens (primary N) is 1. The summed E-state index contributed by atoms with van der Waals surface area (Å²) in [5, 5.41) is 9.05. The van der Waals surface area contributed by atoms with Gasteiger partial charge in [0.15, 0.2) is 0 Å². The first-order valence-electron chi connectivity index (χ1n) is 6.42. The molecule has 2 atom stereocenters. The third-order valence-corrected chi connectivity index (χ3v) is 4.56. The van der Waals surface area contributed by atoms with Crippen LogP contribution in [-0.2, 0) is 14.8 Å². The molecule has 1 heterocycles. The van der Waals surface area contributed by atoms with Crippen LogP contribution in [0.5, 0.6) is 0 Å². The van der Waals surface area contributed by atoms with Crippen LogP contribution >= 0.6 is 0 Å². The Bertz CT molecular complexity index is 738. The fraction of sp³-hybridized carbons (Fsp3) is 0.214. The molecule has 0 bridgehead atoms. The van der Waals surface area contributed by atoms with Crippen molar-refractivity contribution in [1.29, 1.82) is 0 Å². The van der Waals surface area contributed by atoms with Crippen LogP contribution in [0.4, 0.5) is 0 Å². The molecule has 0 amide bonds. The van der Waals surface area contributed by atoms with E-state index < -0.39 is 28.1 Å². The maximum Gasteiger partial charge on any atom is 0.322 e. The number of hydrogen-bond acceptors (Lipinski definition) is 5. The third-order valence-electron chi connectivity index (χ3n) is 3.11. The lowest BCUT2D eigenvalue weighted by Gasteiger charge is -2.20. The average molecular weight is 324 g/mol. The molecule has 0 spiro atoms. The van der Waals surface area contributed by atoms with Gasteiger partial charge in [-0.15, -0.1) is 0 Å². The second-order valence-corrected chi connectivity index (χ2v) is 6.51. The van der Waals surface area contributed by atoms with E-state index in [1.54, 1.807) is 12.1 Å². The number of aryl methyl sites for hydroxylation is 1. The molecule has 22 heavy (non-hydrogen) atoms. The van der Waals surface area contributed by atoms with Gasteiger partial charge in [0.25, 0.3) is 0 Å². The van der Waals surface area contributed by atoms with Crippen LogP contribution in [-0.4, -0.2) is 25.5 Å². The van der Waals surface area contributed by atoms with Crippen molar-refractivity contribution in [3.63, 3.8) is 0 Å². The van der Waals surface area contributed by atoms with Gasteiger partial charge in [-0.25, -0.2) is 8.42 Å². The van der Waals surface area contributed by atoms with Crippen molar-refractivity contribution in [3.05, 3.63) is 54.0 Å². The van der Waals surface area contributed by atoms with E-state index in [9.17, 15) is 13.2 Å². The van der Waals surface area contributed by atoms with Crippen molar-refractivity contribution >= 4 is 16.0 Å². The number of carboxylic acid groups (broad SMARTS) is 1.